The molecule has 0 radical (unpaired) electrons. The number of anilines is 1. The lowest BCUT2D eigenvalue weighted by Crippen LogP contribution is -2.06. The monoisotopic (exact) mass is 300 g/mol. The standard InChI is InChI=1S/C15H13ClN4O/c1-8-6-12(21)10(7-18-8)14-13(15(17)20-19-14)9-4-2-3-5-11(9)16/h2-7H,1H3,(H,18,21)(H3,17,19,20). The van der Waals surface area contributed by atoms with Crippen molar-refractivity contribution in [2.75, 3.05) is 5.73 Å². The molecule has 0 bridgehead atoms. The van der Waals surface area contributed by atoms with E-state index in [2.05, 4.69) is 15.2 Å². The van der Waals surface area contributed by atoms with Gasteiger partial charge in [-0.25, -0.2) is 0 Å². The van der Waals surface area contributed by atoms with Crippen LogP contribution in [-0.2, 0) is 0 Å². The van der Waals surface area contributed by atoms with E-state index in [0.717, 1.165) is 11.3 Å². The van der Waals surface area contributed by atoms with E-state index < -0.39 is 0 Å². The van der Waals surface area contributed by atoms with Gasteiger partial charge in [0.15, 0.2) is 11.2 Å². The number of nitrogen functional groups attached to an aromatic ring is 1. The summed E-state index contributed by atoms with van der Waals surface area (Å²) in [5.74, 6) is 0.304. The molecule has 0 amide bonds. The van der Waals surface area contributed by atoms with Crippen LogP contribution in [0.5, 0.6) is 0 Å². The quantitative estimate of drug-likeness (QED) is 0.680. The van der Waals surface area contributed by atoms with Gasteiger partial charge in [-0.1, -0.05) is 29.8 Å². The molecule has 0 saturated heterocycles. The zero-order valence-corrected chi connectivity index (χ0v) is 12.0. The summed E-state index contributed by atoms with van der Waals surface area (Å²) in [6.07, 6.45) is 1.64. The van der Waals surface area contributed by atoms with E-state index in [0.29, 0.717) is 27.7 Å². The van der Waals surface area contributed by atoms with Gasteiger partial charge in [-0.05, 0) is 13.0 Å². The highest BCUT2D eigenvalue weighted by Gasteiger charge is 2.18. The molecule has 106 valence electrons. The van der Waals surface area contributed by atoms with Crippen LogP contribution >= 0.6 is 11.6 Å². The molecule has 3 aromatic rings. The van der Waals surface area contributed by atoms with Crippen LogP contribution in [0.3, 0.4) is 0 Å². The maximum absolute atomic E-state index is 12.2. The molecule has 0 aliphatic carbocycles. The molecule has 0 fully saturated rings. The van der Waals surface area contributed by atoms with Gasteiger partial charge < -0.3 is 10.7 Å². The summed E-state index contributed by atoms with van der Waals surface area (Å²) < 4.78 is 0. The number of H-pyrrole nitrogens is 2. The van der Waals surface area contributed by atoms with Gasteiger partial charge in [0.2, 0.25) is 0 Å². The molecule has 0 saturated carbocycles. The van der Waals surface area contributed by atoms with E-state index in [9.17, 15) is 4.79 Å². The SMILES string of the molecule is Cc1cc(=O)c(-c2[nH]nc(N)c2-c2ccccc2Cl)c[nH]1. The topological polar surface area (TPSA) is 87.6 Å². The van der Waals surface area contributed by atoms with Crippen molar-refractivity contribution in [3.63, 3.8) is 0 Å². The molecule has 0 aliphatic heterocycles. The summed E-state index contributed by atoms with van der Waals surface area (Å²) in [6, 6.07) is 8.84. The molecule has 0 unspecified atom stereocenters. The van der Waals surface area contributed by atoms with Crippen LogP contribution < -0.4 is 11.2 Å². The van der Waals surface area contributed by atoms with Gasteiger partial charge >= 0.3 is 0 Å². The molecule has 1 aromatic carbocycles. The van der Waals surface area contributed by atoms with Crippen LogP contribution in [0.2, 0.25) is 5.02 Å². The molecule has 4 N–H and O–H groups in total. The van der Waals surface area contributed by atoms with Gasteiger partial charge in [0.25, 0.3) is 0 Å². The summed E-state index contributed by atoms with van der Waals surface area (Å²) >= 11 is 6.23. The van der Waals surface area contributed by atoms with Crippen molar-refractivity contribution < 1.29 is 0 Å². The summed E-state index contributed by atoms with van der Waals surface area (Å²) in [7, 11) is 0. The van der Waals surface area contributed by atoms with Crippen molar-refractivity contribution >= 4 is 17.4 Å². The van der Waals surface area contributed by atoms with Gasteiger partial charge in [-0.2, -0.15) is 5.10 Å². The number of nitrogens with zero attached hydrogens (tertiary/aromatic N) is 1. The fourth-order valence-corrected chi connectivity index (χ4v) is 2.49. The highest BCUT2D eigenvalue weighted by Crippen LogP contribution is 2.37. The number of aromatic nitrogens is 3. The first kappa shape index (κ1) is 13.5. The predicted octanol–water partition coefficient (Wildman–Crippen LogP) is 2.98. The van der Waals surface area contributed by atoms with Crippen molar-refractivity contribution in [2.24, 2.45) is 0 Å². The molecular weight excluding hydrogens is 288 g/mol. The Hall–Kier alpha value is -2.53. The van der Waals surface area contributed by atoms with Crippen LogP contribution in [0, 0.1) is 6.92 Å². The number of aryl methyl sites for hydroxylation is 1. The van der Waals surface area contributed by atoms with E-state index in [-0.39, 0.29) is 5.43 Å². The Labute approximate surface area is 125 Å². The second-order valence-corrected chi connectivity index (χ2v) is 5.14. The van der Waals surface area contributed by atoms with E-state index in [4.69, 9.17) is 17.3 Å². The molecule has 6 heteroatoms. The minimum Gasteiger partial charge on any atom is -0.382 e. The highest BCUT2D eigenvalue weighted by molar-refractivity contribution is 6.33. The summed E-state index contributed by atoms with van der Waals surface area (Å²) in [5, 5.41) is 7.39. The molecule has 2 aromatic heterocycles. The maximum atomic E-state index is 12.2. The van der Waals surface area contributed by atoms with Gasteiger partial charge in [0.1, 0.15) is 0 Å². The fraction of sp³-hybridized carbons (Fsp3) is 0.0667. The molecular formula is C15H13ClN4O. The first-order valence-electron chi connectivity index (χ1n) is 6.36. The zero-order valence-electron chi connectivity index (χ0n) is 11.3. The predicted molar refractivity (Wildman–Crippen MR) is 84.2 cm³/mol. The van der Waals surface area contributed by atoms with Crippen LogP contribution in [0.1, 0.15) is 5.69 Å². The lowest BCUT2D eigenvalue weighted by atomic mass is 10.0. The van der Waals surface area contributed by atoms with Crippen LogP contribution in [0.25, 0.3) is 22.4 Å². The first-order valence-corrected chi connectivity index (χ1v) is 6.74. The number of aromatic amines is 2. The summed E-state index contributed by atoms with van der Waals surface area (Å²) in [5.41, 5.74) is 9.03. The largest absolute Gasteiger partial charge is 0.382 e. The second kappa shape index (κ2) is 5.10. The minimum atomic E-state index is -0.108. The lowest BCUT2D eigenvalue weighted by Gasteiger charge is -2.06. The summed E-state index contributed by atoms with van der Waals surface area (Å²) in [4.78, 5) is 15.2. The van der Waals surface area contributed by atoms with Crippen molar-refractivity contribution in [3.8, 4) is 22.4 Å². The number of pyridine rings is 1. The third kappa shape index (κ3) is 2.32. The van der Waals surface area contributed by atoms with Gasteiger partial charge in [-0.3, -0.25) is 9.89 Å². The van der Waals surface area contributed by atoms with E-state index in [1.807, 2.05) is 25.1 Å². The Morgan fingerprint density at radius 1 is 1.24 bits per heavy atom. The third-order valence-corrected chi connectivity index (χ3v) is 3.59. The Kier molecular flexibility index (Phi) is 3.27. The van der Waals surface area contributed by atoms with Crippen molar-refractivity contribution in [1.29, 1.82) is 0 Å². The van der Waals surface area contributed by atoms with Crippen molar-refractivity contribution in [2.45, 2.75) is 6.92 Å². The van der Waals surface area contributed by atoms with E-state index in [1.165, 1.54) is 6.07 Å². The normalized spacial score (nSPS) is 10.8. The second-order valence-electron chi connectivity index (χ2n) is 4.73. The Balaban J connectivity index is 2.27. The summed E-state index contributed by atoms with van der Waals surface area (Å²) in [6.45, 7) is 1.82. The Bertz CT molecular complexity index is 866. The lowest BCUT2D eigenvalue weighted by molar-refractivity contribution is 1.09. The maximum Gasteiger partial charge on any atom is 0.191 e. The fourth-order valence-electron chi connectivity index (χ4n) is 2.26. The molecule has 21 heavy (non-hydrogen) atoms. The number of hydrogen-bond donors (Lipinski definition) is 3. The zero-order chi connectivity index (χ0) is 15.0. The van der Waals surface area contributed by atoms with Crippen molar-refractivity contribution in [3.05, 3.63) is 57.5 Å². The van der Waals surface area contributed by atoms with Gasteiger partial charge in [0, 0.05) is 28.5 Å². The smallest absolute Gasteiger partial charge is 0.191 e. The number of halogens is 1. The van der Waals surface area contributed by atoms with Crippen LogP contribution in [0.4, 0.5) is 5.82 Å². The average Bonchev–Trinajstić information content (AvgIpc) is 2.81. The van der Waals surface area contributed by atoms with Crippen molar-refractivity contribution in [1.82, 2.24) is 15.2 Å². The molecule has 0 aliphatic rings. The van der Waals surface area contributed by atoms with Gasteiger partial charge in [-0.15, -0.1) is 0 Å². The number of benzene rings is 1. The molecule has 5 nitrogen and oxygen atoms in total. The first-order chi connectivity index (χ1) is 10.1. The Morgan fingerprint density at radius 2 is 2.00 bits per heavy atom. The Morgan fingerprint density at radius 3 is 2.71 bits per heavy atom. The van der Waals surface area contributed by atoms with Gasteiger partial charge in [0.05, 0.1) is 16.8 Å². The number of rotatable bonds is 2. The molecule has 0 spiro atoms. The van der Waals surface area contributed by atoms with Crippen LogP contribution in [0.15, 0.2) is 41.3 Å². The molecule has 0 atom stereocenters. The number of nitrogens with one attached hydrogen (secondary N) is 2. The molecule has 2 heterocycles. The van der Waals surface area contributed by atoms with E-state index >= 15 is 0 Å². The van der Waals surface area contributed by atoms with Crippen LogP contribution in [-0.4, -0.2) is 15.2 Å². The minimum absolute atomic E-state index is 0.108. The third-order valence-electron chi connectivity index (χ3n) is 3.26. The van der Waals surface area contributed by atoms with E-state index in [1.54, 1.807) is 12.3 Å². The number of nitrogens with two attached hydrogens (primary N) is 1. The average molecular weight is 301 g/mol. The highest BCUT2D eigenvalue weighted by atomic mass is 35.5. The number of hydrogen-bond acceptors (Lipinski definition) is 3. The molecule has 3 rings (SSSR count).